The summed E-state index contributed by atoms with van der Waals surface area (Å²) in [6.07, 6.45) is 6.40. The van der Waals surface area contributed by atoms with Gasteiger partial charge in [-0.15, -0.1) is 0 Å². The van der Waals surface area contributed by atoms with Gasteiger partial charge in [0.2, 0.25) is 0 Å². The van der Waals surface area contributed by atoms with Crippen molar-refractivity contribution < 1.29 is 14.3 Å². The van der Waals surface area contributed by atoms with Gasteiger partial charge in [0.25, 0.3) is 0 Å². The van der Waals surface area contributed by atoms with Crippen molar-refractivity contribution in [1.29, 1.82) is 0 Å². The Balaban J connectivity index is 2.15. The lowest BCUT2D eigenvalue weighted by Crippen LogP contribution is -2.49. The number of allylic oxidation sites excluding steroid dienone is 1. The maximum atomic E-state index is 12.2. The van der Waals surface area contributed by atoms with E-state index in [-0.39, 0.29) is 17.4 Å². The Morgan fingerprint density at radius 1 is 1.39 bits per heavy atom. The minimum absolute atomic E-state index is 0.150. The number of likely N-dealkylation sites (tertiary alicyclic amines) is 1. The number of ether oxygens (including phenoxy) is 1. The minimum atomic E-state index is -0.477. The van der Waals surface area contributed by atoms with Crippen LogP contribution in [0.4, 0.5) is 4.79 Å². The molecule has 4 heteroatoms. The fourth-order valence-electron chi connectivity index (χ4n) is 2.68. The third-order valence-electron chi connectivity index (χ3n) is 3.53. The van der Waals surface area contributed by atoms with Gasteiger partial charge in [-0.25, -0.2) is 4.79 Å². The molecule has 100 valence electrons. The van der Waals surface area contributed by atoms with E-state index in [1.807, 2.05) is 26.8 Å². The molecule has 0 saturated carbocycles. The van der Waals surface area contributed by atoms with E-state index in [9.17, 15) is 9.59 Å². The molecule has 0 radical (unpaired) electrons. The van der Waals surface area contributed by atoms with Crippen LogP contribution < -0.4 is 0 Å². The van der Waals surface area contributed by atoms with E-state index in [2.05, 4.69) is 0 Å². The molecule has 0 unspecified atom stereocenters. The molecule has 1 spiro atoms. The number of carbonyl (C=O) groups excluding carboxylic acids is 2. The fourth-order valence-corrected chi connectivity index (χ4v) is 2.68. The average molecular weight is 251 g/mol. The second-order valence-corrected chi connectivity index (χ2v) is 6.14. The summed E-state index contributed by atoms with van der Waals surface area (Å²) in [5.74, 6) is 0.150. The first-order chi connectivity index (χ1) is 8.32. The zero-order valence-electron chi connectivity index (χ0n) is 11.4. The highest BCUT2D eigenvalue weighted by atomic mass is 16.6. The van der Waals surface area contributed by atoms with Crippen LogP contribution in [0.15, 0.2) is 12.2 Å². The quantitative estimate of drug-likeness (QED) is 0.665. The summed E-state index contributed by atoms with van der Waals surface area (Å²) in [5.41, 5.74) is -0.759. The number of hydrogen-bond acceptors (Lipinski definition) is 3. The van der Waals surface area contributed by atoms with Gasteiger partial charge >= 0.3 is 6.09 Å². The van der Waals surface area contributed by atoms with Crippen LogP contribution >= 0.6 is 0 Å². The van der Waals surface area contributed by atoms with E-state index in [0.29, 0.717) is 13.0 Å². The van der Waals surface area contributed by atoms with Crippen LogP contribution in [-0.2, 0) is 9.53 Å². The monoisotopic (exact) mass is 251 g/mol. The Bertz CT molecular complexity index is 394. The minimum Gasteiger partial charge on any atom is -0.444 e. The summed E-state index contributed by atoms with van der Waals surface area (Å²) in [4.78, 5) is 25.3. The molecule has 0 bridgehead atoms. The van der Waals surface area contributed by atoms with Crippen LogP contribution in [0.25, 0.3) is 0 Å². The van der Waals surface area contributed by atoms with Gasteiger partial charge in [0, 0.05) is 13.0 Å². The fraction of sp³-hybridized carbons (Fsp3) is 0.714. The predicted molar refractivity (Wildman–Crippen MR) is 68.3 cm³/mol. The van der Waals surface area contributed by atoms with Gasteiger partial charge in [0.1, 0.15) is 5.60 Å². The van der Waals surface area contributed by atoms with Crippen LogP contribution in [0.2, 0.25) is 0 Å². The van der Waals surface area contributed by atoms with Crippen molar-refractivity contribution >= 4 is 11.9 Å². The number of amides is 1. The first-order valence-corrected chi connectivity index (χ1v) is 6.55. The number of carbonyl (C=O) groups is 2. The van der Waals surface area contributed by atoms with Crippen molar-refractivity contribution in [1.82, 2.24) is 4.90 Å². The predicted octanol–water partition coefficient (Wildman–Crippen LogP) is 2.68. The molecule has 1 heterocycles. The second-order valence-electron chi connectivity index (χ2n) is 6.14. The van der Waals surface area contributed by atoms with Gasteiger partial charge in [0.15, 0.2) is 5.78 Å². The standard InChI is InChI=1S/C14H21NO3/c1-13(2,3)18-12(17)15-10-4-7-14(15)8-5-11(16)6-9-14/h5,8H,4,6-7,9-10H2,1-3H3/t14-/m1/s1. The van der Waals surface area contributed by atoms with Gasteiger partial charge < -0.3 is 4.74 Å². The number of ketones is 1. The molecule has 1 fully saturated rings. The Kier molecular flexibility index (Phi) is 3.21. The molecule has 2 aliphatic rings. The third kappa shape index (κ3) is 2.57. The second kappa shape index (κ2) is 4.41. The molecule has 18 heavy (non-hydrogen) atoms. The number of nitrogens with zero attached hydrogens (tertiary/aromatic N) is 1. The van der Waals surface area contributed by atoms with E-state index < -0.39 is 5.60 Å². The molecular weight excluding hydrogens is 230 g/mol. The smallest absolute Gasteiger partial charge is 0.410 e. The number of hydrogen-bond donors (Lipinski definition) is 0. The zero-order valence-corrected chi connectivity index (χ0v) is 11.4. The van der Waals surface area contributed by atoms with Crippen LogP contribution in [0.3, 0.4) is 0 Å². The van der Waals surface area contributed by atoms with Gasteiger partial charge in [-0.3, -0.25) is 9.69 Å². The Morgan fingerprint density at radius 3 is 2.67 bits per heavy atom. The maximum absolute atomic E-state index is 12.2. The molecule has 0 aromatic carbocycles. The summed E-state index contributed by atoms with van der Waals surface area (Å²) in [6, 6.07) is 0. The highest BCUT2D eigenvalue weighted by Gasteiger charge is 2.44. The molecule has 0 aromatic heterocycles. The first-order valence-electron chi connectivity index (χ1n) is 6.55. The van der Waals surface area contributed by atoms with Crippen LogP contribution in [0.1, 0.15) is 46.5 Å². The Labute approximate surface area is 108 Å². The molecule has 1 atom stereocenters. The highest BCUT2D eigenvalue weighted by Crippen LogP contribution is 2.38. The lowest BCUT2D eigenvalue weighted by molar-refractivity contribution is -0.115. The van der Waals surface area contributed by atoms with Crippen LogP contribution in [0.5, 0.6) is 0 Å². The molecule has 2 rings (SSSR count). The lowest BCUT2D eigenvalue weighted by Gasteiger charge is -2.38. The maximum Gasteiger partial charge on any atom is 0.410 e. The van der Waals surface area contributed by atoms with Gasteiger partial charge in [0.05, 0.1) is 5.54 Å². The normalized spacial score (nSPS) is 27.9. The Morgan fingerprint density at radius 2 is 2.11 bits per heavy atom. The molecular formula is C14H21NO3. The van der Waals surface area contributed by atoms with Crippen molar-refractivity contribution in [3.05, 3.63) is 12.2 Å². The van der Waals surface area contributed by atoms with Gasteiger partial charge in [-0.2, -0.15) is 0 Å². The van der Waals surface area contributed by atoms with Gasteiger partial charge in [-0.1, -0.05) is 6.08 Å². The summed E-state index contributed by atoms with van der Waals surface area (Å²) in [6.45, 7) is 6.32. The Hall–Kier alpha value is -1.32. The van der Waals surface area contributed by atoms with E-state index in [1.165, 1.54) is 0 Å². The molecule has 4 nitrogen and oxygen atoms in total. The van der Waals surface area contributed by atoms with Crippen LogP contribution in [0, 0.1) is 0 Å². The van der Waals surface area contributed by atoms with E-state index in [1.54, 1.807) is 11.0 Å². The van der Waals surface area contributed by atoms with Crippen molar-refractivity contribution in [3.8, 4) is 0 Å². The van der Waals surface area contributed by atoms with Crippen molar-refractivity contribution in [2.45, 2.75) is 57.6 Å². The molecule has 1 aliphatic carbocycles. The topological polar surface area (TPSA) is 46.6 Å². The van der Waals surface area contributed by atoms with E-state index in [4.69, 9.17) is 4.74 Å². The van der Waals surface area contributed by atoms with Crippen LogP contribution in [-0.4, -0.2) is 34.5 Å². The van der Waals surface area contributed by atoms with Crippen molar-refractivity contribution in [2.75, 3.05) is 6.54 Å². The molecule has 1 amide bonds. The van der Waals surface area contributed by atoms with Crippen molar-refractivity contribution in [2.24, 2.45) is 0 Å². The summed E-state index contributed by atoms with van der Waals surface area (Å²) >= 11 is 0. The number of rotatable bonds is 0. The highest BCUT2D eigenvalue weighted by molar-refractivity contribution is 5.91. The zero-order chi connectivity index (χ0) is 13.4. The first kappa shape index (κ1) is 13.1. The van der Waals surface area contributed by atoms with E-state index in [0.717, 1.165) is 19.3 Å². The van der Waals surface area contributed by atoms with E-state index >= 15 is 0 Å². The lowest BCUT2D eigenvalue weighted by atomic mass is 9.85. The van der Waals surface area contributed by atoms with Crippen molar-refractivity contribution in [3.63, 3.8) is 0 Å². The SMILES string of the molecule is CC(C)(C)OC(=O)N1CCC[C@]12C=CC(=O)CC2. The largest absolute Gasteiger partial charge is 0.444 e. The summed E-state index contributed by atoms with van der Waals surface area (Å²) < 4.78 is 5.44. The molecule has 0 N–H and O–H groups in total. The van der Waals surface area contributed by atoms with Gasteiger partial charge in [-0.05, 0) is 46.1 Å². The molecule has 1 aliphatic heterocycles. The summed E-state index contributed by atoms with van der Waals surface area (Å²) in [5, 5.41) is 0. The molecule has 0 aromatic rings. The third-order valence-corrected chi connectivity index (χ3v) is 3.53. The summed E-state index contributed by atoms with van der Waals surface area (Å²) in [7, 11) is 0. The average Bonchev–Trinajstić information content (AvgIpc) is 2.64. The molecule has 1 saturated heterocycles.